The molecule has 0 bridgehead atoms. The largest absolute Gasteiger partial charge is 0.504 e. The fourth-order valence-corrected chi connectivity index (χ4v) is 1.51. The fraction of sp³-hybridized carbons (Fsp3) is 0.0909. The van der Waals surface area contributed by atoms with Crippen LogP contribution in [-0.2, 0) is 0 Å². The number of hydrogen-bond acceptors (Lipinski definition) is 4. The number of methoxy groups -OCH3 is 1. The Morgan fingerprint density at radius 3 is 2.81 bits per heavy atom. The predicted octanol–water partition coefficient (Wildman–Crippen LogP) is 1.65. The van der Waals surface area contributed by atoms with Gasteiger partial charge in [0.2, 0.25) is 0 Å². The summed E-state index contributed by atoms with van der Waals surface area (Å²) in [4.78, 5) is 14.9. The van der Waals surface area contributed by atoms with Crippen LogP contribution in [0, 0.1) is 0 Å². The minimum absolute atomic E-state index is 0.0648. The van der Waals surface area contributed by atoms with E-state index in [1.807, 2.05) is 0 Å². The molecule has 1 aromatic heterocycles. The van der Waals surface area contributed by atoms with Crippen LogP contribution in [0.2, 0.25) is 0 Å². The SMILES string of the molecule is COc1cc2c(C(=O)O)ccnc2cc1O. The lowest BCUT2D eigenvalue weighted by atomic mass is 10.1. The maximum atomic E-state index is 11.0. The number of aromatic hydroxyl groups is 1. The lowest BCUT2D eigenvalue weighted by molar-refractivity contribution is 0.0699. The van der Waals surface area contributed by atoms with Gasteiger partial charge in [-0.3, -0.25) is 4.98 Å². The first kappa shape index (κ1) is 10.2. The van der Waals surface area contributed by atoms with E-state index in [0.717, 1.165) is 0 Å². The van der Waals surface area contributed by atoms with Gasteiger partial charge in [-0.05, 0) is 12.1 Å². The number of carboxylic acid groups (broad SMARTS) is 1. The van der Waals surface area contributed by atoms with Gasteiger partial charge in [-0.1, -0.05) is 0 Å². The van der Waals surface area contributed by atoms with E-state index in [1.54, 1.807) is 0 Å². The van der Waals surface area contributed by atoms with Crippen molar-refractivity contribution in [1.82, 2.24) is 4.98 Å². The minimum atomic E-state index is -1.04. The molecule has 0 unspecified atom stereocenters. The van der Waals surface area contributed by atoms with Crippen molar-refractivity contribution < 1.29 is 19.7 Å². The van der Waals surface area contributed by atoms with E-state index >= 15 is 0 Å². The molecule has 16 heavy (non-hydrogen) atoms. The fourth-order valence-electron chi connectivity index (χ4n) is 1.51. The molecule has 1 aromatic carbocycles. The molecule has 2 aromatic rings. The van der Waals surface area contributed by atoms with Crippen LogP contribution in [0.4, 0.5) is 0 Å². The van der Waals surface area contributed by atoms with Gasteiger partial charge in [0.1, 0.15) is 0 Å². The Morgan fingerprint density at radius 2 is 2.19 bits per heavy atom. The highest BCUT2D eigenvalue weighted by Crippen LogP contribution is 2.31. The summed E-state index contributed by atoms with van der Waals surface area (Å²) < 4.78 is 4.92. The number of phenols is 1. The van der Waals surface area contributed by atoms with Gasteiger partial charge in [0.05, 0.1) is 18.2 Å². The van der Waals surface area contributed by atoms with Gasteiger partial charge in [-0.2, -0.15) is 0 Å². The van der Waals surface area contributed by atoms with Crippen molar-refractivity contribution >= 4 is 16.9 Å². The van der Waals surface area contributed by atoms with E-state index in [9.17, 15) is 9.90 Å². The zero-order chi connectivity index (χ0) is 11.7. The zero-order valence-corrected chi connectivity index (χ0v) is 8.47. The zero-order valence-electron chi connectivity index (χ0n) is 8.47. The molecule has 82 valence electrons. The van der Waals surface area contributed by atoms with Crippen molar-refractivity contribution in [2.45, 2.75) is 0 Å². The summed E-state index contributed by atoms with van der Waals surface area (Å²) in [6.07, 6.45) is 1.39. The number of benzene rings is 1. The van der Waals surface area contributed by atoms with Crippen molar-refractivity contribution in [2.75, 3.05) is 7.11 Å². The highest BCUT2D eigenvalue weighted by molar-refractivity contribution is 6.03. The summed E-state index contributed by atoms with van der Waals surface area (Å²) in [6.45, 7) is 0. The van der Waals surface area contributed by atoms with Crippen molar-refractivity contribution in [2.24, 2.45) is 0 Å². The molecule has 2 N–H and O–H groups in total. The predicted molar refractivity (Wildman–Crippen MR) is 56.9 cm³/mol. The van der Waals surface area contributed by atoms with Crippen LogP contribution in [0.15, 0.2) is 24.4 Å². The topological polar surface area (TPSA) is 79.7 Å². The van der Waals surface area contributed by atoms with E-state index in [2.05, 4.69) is 4.98 Å². The third-order valence-corrected chi connectivity index (χ3v) is 2.27. The summed E-state index contributed by atoms with van der Waals surface area (Å²) in [6, 6.07) is 4.24. The Kier molecular flexibility index (Phi) is 2.36. The summed E-state index contributed by atoms with van der Waals surface area (Å²) in [7, 11) is 1.40. The molecular weight excluding hydrogens is 210 g/mol. The Balaban J connectivity index is 2.81. The Labute approximate surface area is 90.9 Å². The Hall–Kier alpha value is -2.30. The minimum Gasteiger partial charge on any atom is -0.504 e. The Morgan fingerprint density at radius 1 is 1.44 bits per heavy atom. The number of fused-ring (bicyclic) bond motifs is 1. The van der Waals surface area contributed by atoms with Crippen LogP contribution in [0.3, 0.4) is 0 Å². The second-order valence-electron chi connectivity index (χ2n) is 3.20. The molecule has 0 radical (unpaired) electrons. The van der Waals surface area contributed by atoms with Crippen LogP contribution >= 0.6 is 0 Å². The second-order valence-corrected chi connectivity index (χ2v) is 3.20. The third kappa shape index (κ3) is 1.52. The standard InChI is InChI=1S/C11H9NO4/c1-16-10-4-7-6(11(14)15)2-3-12-8(7)5-9(10)13/h2-5,13H,1H3,(H,14,15). The smallest absolute Gasteiger partial charge is 0.336 e. The number of aromatic nitrogens is 1. The maximum absolute atomic E-state index is 11.0. The van der Waals surface area contributed by atoms with Crippen LogP contribution in [0.25, 0.3) is 10.9 Å². The molecule has 0 saturated heterocycles. The number of carbonyl (C=O) groups is 1. The highest BCUT2D eigenvalue weighted by atomic mass is 16.5. The van der Waals surface area contributed by atoms with Crippen molar-refractivity contribution in [3.63, 3.8) is 0 Å². The van der Waals surface area contributed by atoms with Gasteiger partial charge in [-0.15, -0.1) is 0 Å². The molecule has 0 atom stereocenters. The number of aromatic carboxylic acids is 1. The van der Waals surface area contributed by atoms with Gasteiger partial charge in [-0.25, -0.2) is 4.79 Å². The Bertz CT molecular complexity index is 565. The lowest BCUT2D eigenvalue weighted by Crippen LogP contribution is -1.98. The van der Waals surface area contributed by atoms with Crippen LogP contribution in [0.1, 0.15) is 10.4 Å². The number of pyridine rings is 1. The second kappa shape index (κ2) is 3.69. The van der Waals surface area contributed by atoms with E-state index in [4.69, 9.17) is 9.84 Å². The molecule has 5 heteroatoms. The van der Waals surface area contributed by atoms with Crippen LogP contribution in [0.5, 0.6) is 11.5 Å². The normalized spacial score (nSPS) is 10.3. The monoisotopic (exact) mass is 219 g/mol. The molecule has 0 spiro atoms. The van der Waals surface area contributed by atoms with Crippen molar-refractivity contribution in [3.8, 4) is 11.5 Å². The highest BCUT2D eigenvalue weighted by Gasteiger charge is 2.12. The summed E-state index contributed by atoms with van der Waals surface area (Å²) in [5.41, 5.74) is 0.543. The molecule has 0 aliphatic carbocycles. The maximum Gasteiger partial charge on any atom is 0.336 e. The van der Waals surface area contributed by atoms with E-state index in [0.29, 0.717) is 10.9 Å². The number of carboxylic acids is 1. The summed E-state index contributed by atoms with van der Waals surface area (Å²) >= 11 is 0. The average molecular weight is 219 g/mol. The van der Waals surface area contributed by atoms with E-state index in [-0.39, 0.29) is 17.1 Å². The number of nitrogens with zero attached hydrogens (tertiary/aromatic N) is 1. The number of phenolic OH excluding ortho intramolecular Hbond substituents is 1. The first-order valence-electron chi connectivity index (χ1n) is 4.52. The van der Waals surface area contributed by atoms with Gasteiger partial charge in [0.25, 0.3) is 0 Å². The molecular formula is C11H9NO4. The molecule has 0 amide bonds. The van der Waals surface area contributed by atoms with Crippen molar-refractivity contribution in [3.05, 3.63) is 30.0 Å². The lowest BCUT2D eigenvalue weighted by Gasteiger charge is -2.06. The molecule has 0 aliphatic heterocycles. The molecule has 0 aliphatic rings. The van der Waals surface area contributed by atoms with Crippen molar-refractivity contribution in [1.29, 1.82) is 0 Å². The summed E-state index contributed by atoms with van der Waals surface area (Å²) in [5, 5.41) is 18.9. The van der Waals surface area contributed by atoms with Crippen LogP contribution < -0.4 is 4.74 Å². The number of ether oxygens (including phenoxy) is 1. The average Bonchev–Trinajstić information content (AvgIpc) is 2.26. The quantitative estimate of drug-likeness (QED) is 0.802. The first-order chi connectivity index (χ1) is 7.63. The van der Waals surface area contributed by atoms with E-state index in [1.165, 1.54) is 31.5 Å². The molecule has 0 saturated carbocycles. The van der Waals surface area contributed by atoms with Crippen LogP contribution in [-0.4, -0.2) is 28.3 Å². The third-order valence-electron chi connectivity index (χ3n) is 2.27. The van der Waals surface area contributed by atoms with Gasteiger partial charge in [0, 0.05) is 17.6 Å². The molecule has 2 rings (SSSR count). The molecule has 1 heterocycles. The number of rotatable bonds is 2. The first-order valence-corrected chi connectivity index (χ1v) is 4.52. The molecule has 5 nitrogen and oxygen atoms in total. The van der Waals surface area contributed by atoms with E-state index < -0.39 is 5.97 Å². The molecule has 0 fully saturated rings. The number of hydrogen-bond donors (Lipinski definition) is 2. The summed E-state index contributed by atoms with van der Waals surface area (Å²) in [5.74, 6) is -0.881. The van der Waals surface area contributed by atoms with Gasteiger partial charge >= 0.3 is 5.97 Å². The van der Waals surface area contributed by atoms with Gasteiger partial charge < -0.3 is 14.9 Å². The van der Waals surface area contributed by atoms with Gasteiger partial charge in [0.15, 0.2) is 11.5 Å².